The van der Waals surface area contributed by atoms with Gasteiger partial charge in [-0.3, -0.25) is 14.9 Å². The molecule has 122 valence electrons. The molecule has 0 aromatic heterocycles. The maximum Gasteiger partial charge on any atom is 0.249 e. The van der Waals surface area contributed by atoms with Gasteiger partial charge in [-0.1, -0.05) is 46.4 Å². The van der Waals surface area contributed by atoms with Crippen molar-refractivity contribution in [3.8, 4) is 0 Å². The molecule has 4 nitrogen and oxygen atoms in total. The summed E-state index contributed by atoms with van der Waals surface area (Å²) >= 11 is 0. The second-order valence-corrected chi connectivity index (χ2v) is 7.30. The third-order valence-corrected chi connectivity index (χ3v) is 5.12. The average Bonchev–Trinajstić information content (AvgIpc) is 2.67. The smallest absolute Gasteiger partial charge is 0.249 e. The lowest BCUT2D eigenvalue weighted by Crippen LogP contribution is -2.52. The van der Waals surface area contributed by atoms with Gasteiger partial charge in [-0.15, -0.1) is 0 Å². The van der Waals surface area contributed by atoms with E-state index in [1.807, 2.05) is 11.0 Å². The van der Waals surface area contributed by atoms with Gasteiger partial charge in [0.05, 0.1) is 0 Å². The van der Waals surface area contributed by atoms with E-state index in [1.165, 1.54) is 11.1 Å². The molecule has 0 radical (unpaired) electrons. The van der Waals surface area contributed by atoms with Crippen molar-refractivity contribution in [2.75, 3.05) is 4.90 Å². The highest BCUT2D eigenvalue weighted by Crippen LogP contribution is 2.51. The molecule has 4 heteroatoms. The first kappa shape index (κ1) is 15.8. The van der Waals surface area contributed by atoms with Crippen LogP contribution in [0.3, 0.4) is 0 Å². The van der Waals surface area contributed by atoms with Gasteiger partial charge in [0.2, 0.25) is 11.8 Å². The van der Waals surface area contributed by atoms with Gasteiger partial charge in [-0.25, -0.2) is 0 Å². The zero-order valence-electron chi connectivity index (χ0n) is 14.3. The summed E-state index contributed by atoms with van der Waals surface area (Å²) in [7, 11) is 0. The van der Waals surface area contributed by atoms with Crippen LogP contribution in [0.5, 0.6) is 0 Å². The van der Waals surface area contributed by atoms with Crippen LogP contribution in [0.2, 0.25) is 0 Å². The zero-order chi connectivity index (χ0) is 16.9. The summed E-state index contributed by atoms with van der Waals surface area (Å²) < 4.78 is 0. The van der Waals surface area contributed by atoms with Crippen molar-refractivity contribution in [3.63, 3.8) is 0 Å². The summed E-state index contributed by atoms with van der Waals surface area (Å²) in [5, 5.41) is 2.46. The summed E-state index contributed by atoms with van der Waals surface area (Å²) in [6, 6.07) is 5.90. The predicted octanol–water partition coefficient (Wildman–Crippen LogP) is 3.23. The number of benzene rings is 1. The number of amides is 2. The Morgan fingerprint density at radius 3 is 2.61 bits per heavy atom. The van der Waals surface area contributed by atoms with E-state index in [0.717, 1.165) is 11.4 Å². The minimum atomic E-state index is -0.358. The Morgan fingerprint density at radius 1 is 1.30 bits per heavy atom. The molecule has 1 atom stereocenters. The third-order valence-electron chi connectivity index (χ3n) is 5.12. The van der Waals surface area contributed by atoms with E-state index in [2.05, 4.69) is 51.7 Å². The Hall–Kier alpha value is -2.10. The van der Waals surface area contributed by atoms with Crippen LogP contribution >= 0.6 is 0 Å². The lowest BCUT2D eigenvalue weighted by molar-refractivity contribution is -0.134. The molecular weight excluding hydrogens is 288 g/mol. The molecule has 1 unspecified atom stereocenters. The summed E-state index contributed by atoms with van der Waals surface area (Å²) in [5.74, 6) is -0.00814. The van der Waals surface area contributed by atoms with Crippen molar-refractivity contribution in [1.29, 1.82) is 0 Å². The standard InChI is InChI=1S/C19H24N2O2/c1-11(2)13-7-6-8-14-17(13)19(4,5)12(3)21(14)15-9-10-16(22)20-18(15)23/h6-8,11,15H,3,9-10H2,1-2,4-5H3,(H,20,22,23). The van der Waals surface area contributed by atoms with E-state index in [-0.39, 0.29) is 23.3 Å². The summed E-state index contributed by atoms with van der Waals surface area (Å²) in [6.45, 7) is 13.0. The van der Waals surface area contributed by atoms with Gasteiger partial charge in [-0.2, -0.15) is 0 Å². The number of rotatable bonds is 2. The summed E-state index contributed by atoms with van der Waals surface area (Å²) in [4.78, 5) is 25.9. The SMILES string of the molecule is C=C1N(C2CCC(=O)NC2=O)c2cccc(C(C)C)c2C1(C)C. The van der Waals surface area contributed by atoms with Crippen LogP contribution in [0.4, 0.5) is 5.69 Å². The Labute approximate surface area is 137 Å². The van der Waals surface area contributed by atoms with Crippen LogP contribution in [0.1, 0.15) is 57.6 Å². The first-order valence-electron chi connectivity index (χ1n) is 8.21. The predicted molar refractivity (Wildman–Crippen MR) is 91.3 cm³/mol. The number of allylic oxidation sites excluding steroid dienone is 1. The number of hydrogen-bond acceptors (Lipinski definition) is 3. The molecule has 3 rings (SSSR count). The van der Waals surface area contributed by atoms with Crippen molar-refractivity contribution >= 4 is 17.5 Å². The van der Waals surface area contributed by atoms with Crippen molar-refractivity contribution < 1.29 is 9.59 Å². The number of fused-ring (bicyclic) bond motifs is 1. The number of carbonyl (C=O) groups excluding carboxylic acids is 2. The first-order valence-corrected chi connectivity index (χ1v) is 8.21. The monoisotopic (exact) mass is 312 g/mol. The van der Waals surface area contributed by atoms with E-state index >= 15 is 0 Å². The van der Waals surface area contributed by atoms with E-state index in [4.69, 9.17) is 0 Å². The van der Waals surface area contributed by atoms with Gasteiger partial charge < -0.3 is 4.90 Å². The Morgan fingerprint density at radius 2 is 2.00 bits per heavy atom. The van der Waals surface area contributed by atoms with Crippen LogP contribution in [-0.4, -0.2) is 17.9 Å². The van der Waals surface area contributed by atoms with Gasteiger partial charge in [0.15, 0.2) is 0 Å². The molecule has 1 fully saturated rings. The molecule has 0 spiro atoms. The van der Waals surface area contributed by atoms with Crippen molar-refractivity contribution in [3.05, 3.63) is 41.6 Å². The number of nitrogens with zero attached hydrogens (tertiary/aromatic N) is 1. The van der Waals surface area contributed by atoms with E-state index < -0.39 is 0 Å². The number of hydrogen-bond donors (Lipinski definition) is 1. The molecule has 1 aromatic carbocycles. The van der Waals surface area contributed by atoms with Gasteiger partial charge in [0, 0.05) is 23.2 Å². The Bertz CT molecular complexity index is 703. The average molecular weight is 312 g/mol. The van der Waals surface area contributed by atoms with E-state index in [0.29, 0.717) is 18.8 Å². The fourth-order valence-corrected chi connectivity index (χ4v) is 3.80. The van der Waals surface area contributed by atoms with Gasteiger partial charge in [0.25, 0.3) is 0 Å². The van der Waals surface area contributed by atoms with Crippen molar-refractivity contribution in [2.45, 2.75) is 57.9 Å². The fourth-order valence-electron chi connectivity index (χ4n) is 3.80. The molecule has 0 aliphatic carbocycles. The van der Waals surface area contributed by atoms with E-state index in [1.54, 1.807) is 0 Å². The number of carbonyl (C=O) groups is 2. The molecule has 2 aliphatic heterocycles. The second kappa shape index (κ2) is 5.22. The molecule has 0 saturated carbocycles. The lowest BCUT2D eigenvalue weighted by Gasteiger charge is -2.34. The molecule has 1 saturated heterocycles. The molecule has 2 amide bonds. The first-order chi connectivity index (χ1) is 10.7. The minimum Gasteiger partial charge on any atom is -0.332 e. The number of nitrogens with one attached hydrogen (secondary N) is 1. The van der Waals surface area contributed by atoms with Gasteiger partial charge in [-0.05, 0) is 29.5 Å². The minimum absolute atomic E-state index is 0.188. The number of imide groups is 1. The number of piperidine rings is 1. The second-order valence-electron chi connectivity index (χ2n) is 7.30. The zero-order valence-corrected chi connectivity index (χ0v) is 14.3. The highest BCUT2D eigenvalue weighted by atomic mass is 16.2. The van der Waals surface area contributed by atoms with Gasteiger partial charge >= 0.3 is 0 Å². The third kappa shape index (κ3) is 2.28. The fraction of sp³-hybridized carbons (Fsp3) is 0.474. The summed E-state index contributed by atoms with van der Waals surface area (Å²) in [5.41, 5.74) is 4.31. The Kier molecular flexibility index (Phi) is 3.58. The molecule has 2 aliphatic rings. The van der Waals surface area contributed by atoms with Gasteiger partial charge in [0.1, 0.15) is 6.04 Å². The van der Waals surface area contributed by atoms with Crippen molar-refractivity contribution in [1.82, 2.24) is 5.32 Å². The molecule has 23 heavy (non-hydrogen) atoms. The quantitative estimate of drug-likeness (QED) is 0.853. The molecule has 1 N–H and O–H groups in total. The maximum absolute atomic E-state index is 12.4. The highest BCUT2D eigenvalue weighted by Gasteiger charge is 2.46. The normalized spacial score (nSPS) is 23.3. The van der Waals surface area contributed by atoms with E-state index in [9.17, 15) is 9.59 Å². The highest BCUT2D eigenvalue weighted by molar-refractivity contribution is 6.02. The van der Waals surface area contributed by atoms with Crippen LogP contribution in [0.25, 0.3) is 0 Å². The van der Waals surface area contributed by atoms with Crippen molar-refractivity contribution in [2.24, 2.45) is 0 Å². The summed E-state index contributed by atoms with van der Waals surface area (Å²) in [6.07, 6.45) is 0.908. The molecule has 1 aromatic rings. The Balaban J connectivity index is 2.12. The van der Waals surface area contributed by atoms with Crippen LogP contribution < -0.4 is 10.2 Å². The topological polar surface area (TPSA) is 49.4 Å². The molecule has 2 heterocycles. The van der Waals surface area contributed by atoms with Crippen LogP contribution in [0.15, 0.2) is 30.5 Å². The lowest BCUT2D eigenvalue weighted by atomic mass is 9.79. The van der Waals surface area contributed by atoms with Crippen LogP contribution in [0, 0.1) is 0 Å². The largest absolute Gasteiger partial charge is 0.332 e. The maximum atomic E-state index is 12.4. The number of anilines is 1. The molecular formula is C19H24N2O2. The van der Waals surface area contributed by atoms with Crippen LogP contribution in [-0.2, 0) is 15.0 Å². The molecule has 0 bridgehead atoms.